The molecule has 0 unspecified atom stereocenters. The summed E-state index contributed by atoms with van der Waals surface area (Å²) in [6, 6.07) is 20.3. The molecule has 2 heterocycles. The lowest BCUT2D eigenvalue weighted by Crippen LogP contribution is -2.36. The summed E-state index contributed by atoms with van der Waals surface area (Å²) >= 11 is 0. The third-order valence-electron chi connectivity index (χ3n) is 5.76. The average molecular weight is 518 g/mol. The summed E-state index contributed by atoms with van der Waals surface area (Å²) in [5, 5.41) is 4.79. The van der Waals surface area contributed by atoms with E-state index >= 15 is 0 Å². The molecule has 2 aromatic heterocycles. The first-order valence-electron chi connectivity index (χ1n) is 12.4. The minimum absolute atomic E-state index is 0.128. The second-order valence-corrected chi connectivity index (χ2v) is 12.7. The molecule has 4 rings (SSSR count). The average Bonchev–Trinajstić information content (AvgIpc) is 3.13. The van der Waals surface area contributed by atoms with Gasteiger partial charge in [-0.25, -0.2) is 4.98 Å². The first-order valence-corrected chi connectivity index (χ1v) is 13.8. The van der Waals surface area contributed by atoms with Crippen LogP contribution in [0.4, 0.5) is 5.82 Å². The number of imidazole rings is 1. The third kappa shape index (κ3) is 7.01. The van der Waals surface area contributed by atoms with Crippen molar-refractivity contribution in [1.82, 2.24) is 9.38 Å². The zero-order valence-corrected chi connectivity index (χ0v) is 23.1. The number of nitrogens with one attached hydrogen (secondary N) is 1. The number of rotatable bonds is 8. The van der Waals surface area contributed by atoms with E-state index in [9.17, 15) is 8.42 Å². The van der Waals surface area contributed by atoms with Crippen molar-refractivity contribution in [2.45, 2.75) is 53.5 Å². The monoisotopic (exact) mass is 517 g/mol. The molecule has 1 N–H and O–H groups in total. The van der Waals surface area contributed by atoms with Crippen LogP contribution >= 0.6 is 0 Å². The van der Waals surface area contributed by atoms with Crippen molar-refractivity contribution >= 4 is 27.7 Å². The lowest BCUT2D eigenvalue weighted by Gasteiger charge is -2.34. The maximum atomic E-state index is 12.6. The maximum Gasteiger partial charge on any atom is 0.332 e. The smallest absolute Gasteiger partial charge is 0.332 e. The minimum Gasteiger partial charge on any atom is -0.379 e. The molecule has 0 amide bonds. The van der Waals surface area contributed by atoms with Gasteiger partial charge < -0.3 is 9.50 Å². The van der Waals surface area contributed by atoms with Gasteiger partial charge in [-0.1, -0.05) is 63.2 Å². The summed E-state index contributed by atoms with van der Waals surface area (Å²) in [5.74, 6) is 1.08. The quantitative estimate of drug-likeness (QED) is 0.248. The molecular weight excluding hydrogens is 482 g/mol. The normalized spacial score (nSPS) is 12.8. The highest BCUT2D eigenvalue weighted by molar-refractivity contribution is 7.90. The molecular formula is C30H35N3O3S. The standard InChI is InChI=1S/C30H35N3O3S/c1-22-15-17-33-26(19-22)31-27(28(33)32-30(5,6)21-29(2,3)4)24-13-10-14-25(20-24)36-37(34,35)18-16-23-11-8-7-9-12-23/h7-20,32H,21H2,1-6H3/b18-16+. The fraction of sp³-hybridized carbons (Fsp3) is 0.300. The molecule has 0 fully saturated rings. The number of fused-ring (bicyclic) bond motifs is 1. The van der Waals surface area contributed by atoms with Gasteiger partial charge in [0.15, 0.2) is 0 Å². The number of aryl methyl sites for hydroxylation is 1. The molecule has 0 atom stereocenters. The van der Waals surface area contributed by atoms with E-state index in [0.717, 1.165) is 45.7 Å². The Balaban J connectivity index is 1.70. The van der Waals surface area contributed by atoms with Gasteiger partial charge in [0.25, 0.3) is 0 Å². The Kier molecular flexibility index (Phi) is 7.20. The number of pyridine rings is 1. The summed E-state index contributed by atoms with van der Waals surface area (Å²) in [7, 11) is -3.94. The van der Waals surface area contributed by atoms with Gasteiger partial charge >= 0.3 is 10.1 Å². The molecule has 0 spiro atoms. The molecule has 0 radical (unpaired) electrons. The van der Waals surface area contributed by atoms with Crippen molar-refractivity contribution in [2.24, 2.45) is 5.41 Å². The van der Waals surface area contributed by atoms with Crippen molar-refractivity contribution < 1.29 is 12.6 Å². The Hall–Kier alpha value is -3.58. The first-order chi connectivity index (χ1) is 17.3. The minimum atomic E-state index is -3.94. The van der Waals surface area contributed by atoms with Crippen LogP contribution < -0.4 is 9.50 Å². The van der Waals surface area contributed by atoms with Crippen molar-refractivity contribution in [1.29, 1.82) is 0 Å². The van der Waals surface area contributed by atoms with Gasteiger partial charge in [0.1, 0.15) is 22.9 Å². The summed E-state index contributed by atoms with van der Waals surface area (Å²) in [5.41, 5.74) is 4.10. The predicted octanol–water partition coefficient (Wildman–Crippen LogP) is 7.32. The Morgan fingerprint density at radius 1 is 0.973 bits per heavy atom. The van der Waals surface area contributed by atoms with E-state index in [4.69, 9.17) is 9.17 Å². The van der Waals surface area contributed by atoms with Crippen molar-refractivity contribution in [3.05, 3.63) is 89.5 Å². The molecule has 0 aliphatic rings. The summed E-state index contributed by atoms with van der Waals surface area (Å²) in [6.45, 7) is 13.1. The van der Waals surface area contributed by atoms with E-state index in [-0.39, 0.29) is 16.7 Å². The molecule has 0 saturated heterocycles. The first kappa shape index (κ1) is 26.5. The maximum absolute atomic E-state index is 12.6. The molecule has 194 valence electrons. The van der Waals surface area contributed by atoms with Crippen LogP contribution in [-0.2, 0) is 10.1 Å². The summed E-state index contributed by atoms with van der Waals surface area (Å²) in [4.78, 5) is 4.92. The van der Waals surface area contributed by atoms with E-state index in [1.807, 2.05) is 66.1 Å². The van der Waals surface area contributed by atoms with E-state index in [0.29, 0.717) is 0 Å². The molecule has 37 heavy (non-hydrogen) atoms. The molecule has 0 bridgehead atoms. The van der Waals surface area contributed by atoms with Gasteiger partial charge in [0.05, 0.1) is 5.41 Å². The van der Waals surface area contributed by atoms with Gasteiger partial charge in [-0.15, -0.1) is 0 Å². The molecule has 0 aliphatic carbocycles. The second-order valence-electron chi connectivity index (χ2n) is 11.3. The highest BCUT2D eigenvalue weighted by atomic mass is 32.2. The van der Waals surface area contributed by atoms with E-state index in [1.54, 1.807) is 18.2 Å². The van der Waals surface area contributed by atoms with Crippen LogP contribution in [0.15, 0.2) is 78.3 Å². The van der Waals surface area contributed by atoms with Gasteiger partial charge in [0.2, 0.25) is 0 Å². The lowest BCUT2D eigenvalue weighted by molar-refractivity contribution is 0.302. The Bertz CT molecular complexity index is 1530. The van der Waals surface area contributed by atoms with Crippen LogP contribution in [0.5, 0.6) is 5.75 Å². The number of hydrogen-bond donors (Lipinski definition) is 1. The SMILES string of the molecule is Cc1ccn2c(NC(C)(C)CC(C)(C)C)c(-c3cccc(OS(=O)(=O)/C=C/c4ccccc4)c3)nc2c1. The van der Waals surface area contributed by atoms with Gasteiger partial charge in [-0.3, -0.25) is 4.40 Å². The fourth-order valence-corrected chi connectivity index (χ4v) is 5.49. The molecule has 7 heteroatoms. The highest BCUT2D eigenvalue weighted by Gasteiger charge is 2.28. The number of hydrogen-bond acceptors (Lipinski definition) is 5. The van der Waals surface area contributed by atoms with Crippen molar-refractivity contribution in [3.8, 4) is 17.0 Å². The van der Waals surface area contributed by atoms with Gasteiger partial charge in [-0.05, 0) is 74.1 Å². The Morgan fingerprint density at radius 2 is 1.70 bits per heavy atom. The summed E-state index contributed by atoms with van der Waals surface area (Å²) in [6.07, 6.45) is 4.46. The van der Waals surface area contributed by atoms with Crippen LogP contribution in [-0.4, -0.2) is 23.3 Å². The van der Waals surface area contributed by atoms with Gasteiger partial charge in [0, 0.05) is 17.3 Å². The largest absolute Gasteiger partial charge is 0.379 e. The number of benzene rings is 2. The number of anilines is 1. The molecule has 0 aliphatic heterocycles. The van der Waals surface area contributed by atoms with Crippen molar-refractivity contribution in [2.75, 3.05) is 5.32 Å². The second kappa shape index (κ2) is 10.1. The third-order valence-corrected chi connectivity index (χ3v) is 6.65. The van der Waals surface area contributed by atoms with Crippen LogP contribution in [0, 0.1) is 12.3 Å². The zero-order valence-electron chi connectivity index (χ0n) is 22.3. The van der Waals surface area contributed by atoms with Crippen LogP contribution in [0.1, 0.15) is 52.2 Å². The number of nitrogens with zero attached hydrogens (tertiary/aromatic N) is 2. The summed E-state index contributed by atoms with van der Waals surface area (Å²) < 4.78 is 32.7. The van der Waals surface area contributed by atoms with E-state index in [1.165, 1.54) is 6.08 Å². The van der Waals surface area contributed by atoms with E-state index < -0.39 is 10.1 Å². The predicted molar refractivity (Wildman–Crippen MR) is 152 cm³/mol. The zero-order chi connectivity index (χ0) is 26.8. The van der Waals surface area contributed by atoms with Crippen LogP contribution in [0.2, 0.25) is 0 Å². The molecule has 6 nitrogen and oxygen atoms in total. The van der Waals surface area contributed by atoms with Gasteiger partial charge in [-0.2, -0.15) is 8.42 Å². The van der Waals surface area contributed by atoms with Crippen LogP contribution in [0.25, 0.3) is 23.0 Å². The number of aromatic nitrogens is 2. The molecule has 2 aromatic carbocycles. The van der Waals surface area contributed by atoms with Crippen LogP contribution in [0.3, 0.4) is 0 Å². The fourth-order valence-electron chi connectivity index (χ4n) is 4.74. The molecule has 4 aromatic rings. The highest BCUT2D eigenvalue weighted by Crippen LogP contribution is 2.36. The van der Waals surface area contributed by atoms with Crippen molar-refractivity contribution in [3.63, 3.8) is 0 Å². The Labute approximate surface area is 220 Å². The Morgan fingerprint density at radius 3 is 2.41 bits per heavy atom. The molecule has 0 saturated carbocycles. The lowest BCUT2D eigenvalue weighted by atomic mass is 9.82. The topological polar surface area (TPSA) is 72.7 Å². The van der Waals surface area contributed by atoms with E-state index in [2.05, 4.69) is 39.9 Å².